The minimum atomic E-state index is -3.84. The topological polar surface area (TPSA) is 48.1 Å². The quantitative estimate of drug-likeness (QED) is 0.216. The number of hydrogen-bond donors (Lipinski definition) is 4. The van der Waals surface area contributed by atoms with Crippen LogP contribution >= 0.6 is 17.8 Å². The summed E-state index contributed by atoms with van der Waals surface area (Å²) < 4.78 is 1.72. The van der Waals surface area contributed by atoms with Crippen LogP contribution in [0, 0.1) is 23.2 Å². The molecule has 0 aromatic heterocycles. The summed E-state index contributed by atoms with van der Waals surface area (Å²) in [6, 6.07) is 1.29. The first-order valence-corrected chi connectivity index (χ1v) is 26.0. The van der Waals surface area contributed by atoms with Crippen molar-refractivity contribution in [3.8, 4) is 0 Å². The Balaban J connectivity index is 1.03. The molecular formula is C34H54FeN4P2. The Bertz CT molecular complexity index is 1680. The van der Waals surface area contributed by atoms with Gasteiger partial charge in [-0.15, -0.1) is 0 Å². The molecule has 4 bridgehead atoms. The average molecular weight is 637 g/mol. The zero-order valence-electron chi connectivity index (χ0n) is 25.5. The third-order valence-electron chi connectivity index (χ3n) is 24.5. The molecule has 0 radical (unpaired) electrons. The molecule has 16 aliphatic rings. The molecular weight excluding hydrogens is 582 g/mol. The summed E-state index contributed by atoms with van der Waals surface area (Å²) in [5, 5.41) is 17.4. The molecule has 16 fully saturated rings. The van der Waals surface area contributed by atoms with Gasteiger partial charge in [0, 0.05) is 0 Å². The van der Waals surface area contributed by atoms with E-state index in [1.54, 1.807) is 38.5 Å². The fourth-order valence-corrected chi connectivity index (χ4v) is 113. The molecule has 41 heavy (non-hydrogen) atoms. The van der Waals surface area contributed by atoms with Crippen molar-refractivity contribution in [1.29, 1.82) is 0 Å². The van der Waals surface area contributed by atoms with Crippen molar-refractivity contribution in [3.05, 3.63) is 0 Å². The van der Waals surface area contributed by atoms with E-state index in [1.807, 2.05) is 0 Å². The molecule has 4 nitrogen and oxygen atoms in total. The van der Waals surface area contributed by atoms with Gasteiger partial charge >= 0.3 is 243 Å². The van der Waals surface area contributed by atoms with Gasteiger partial charge in [0.25, 0.3) is 0 Å². The molecule has 4 saturated carbocycles. The summed E-state index contributed by atoms with van der Waals surface area (Å²) in [5.41, 5.74) is 1.87. The molecule has 228 valence electrons. The van der Waals surface area contributed by atoms with Crippen LogP contribution in [0.15, 0.2) is 0 Å². The molecule has 4 N–H and O–H groups in total. The maximum absolute atomic E-state index is 4.30. The van der Waals surface area contributed by atoms with Crippen LogP contribution in [0.2, 0.25) is 47.2 Å². The van der Waals surface area contributed by atoms with Crippen LogP contribution in [0.3, 0.4) is 0 Å². The fraction of sp³-hybridized carbons (Fsp3) is 1.00. The normalized spacial score (nSPS) is 82.9. The summed E-state index contributed by atoms with van der Waals surface area (Å²) in [6.07, 6.45) is 9.88. The van der Waals surface area contributed by atoms with Gasteiger partial charge in [-0.25, -0.2) is 0 Å². The van der Waals surface area contributed by atoms with Crippen molar-refractivity contribution in [2.45, 2.75) is 135 Å². The number of fused-ring (bicyclic) bond motifs is 10. The Morgan fingerprint density at radius 2 is 1.24 bits per heavy atom. The van der Waals surface area contributed by atoms with Crippen LogP contribution in [-0.2, 0) is 6.51 Å². The van der Waals surface area contributed by atoms with Gasteiger partial charge in [0.15, 0.2) is 0 Å². The summed E-state index contributed by atoms with van der Waals surface area (Å²) in [5.74, 6) is 3.31. The van der Waals surface area contributed by atoms with Crippen LogP contribution in [0.25, 0.3) is 0 Å². The van der Waals surface area contributed by atoms with Gasteiger partial charge < -0.3 is 0 Å². The first-order chi connectivity index (χ1) is 19.5. The standard InChI is InChI=1S/C29H49N4P2.C5H5.Fe/c1-27(2,3)35-26(28-14-19-11-20(15-28)13-21(12-19)16-28)22-5-4-6-23(22)29(34,24-17-30-7-9-32-24)25-18-31-8-10-33-25;1-2-4-5-3-1;/h4-6,19-21,24-26,30-33,35H,7-18,34H2,1-3H3;1-5H;. The van der Waals surface area contributed by atoms with Gasteiger partial charge in [-0.3, -0.25) is 0 Å². The van der Waals surface area contributed by atoms with Crippen molar-refractivity contribution in [3.63, 3.8) is 0 Å². The fourth-order valence-electron chi connectivity index (χ4n) is 27.2. The van der Waals surface area contributed by atoms with Gasteiger partial charge in [-0.05, 0) is 0 Å². The van der Waals surface area contributed by atoms with E-state index >= 15 is 0 Å². The second-order valence-electron chi connectivity index (χ2n) is 22.3. The van der Waals surface area contributed by atoms with Gasteiger partial charge in [0.05, 0.1) is 0 Å². The van der Waals surface area contributed by atoms with Crippen molar-refractivity contribution in [1.82, 2.24) is 21.3 Å². The van der Waals surface area contributed by atoms with Gasteiger partial charge in [0.2, 0.25) is 0 Å². The summed E-state index contributed by atoms with van der Waals surface area (Å²) in [7, 11) is 5.16. The summed E-state index contributed by atoms with van der Waals surface area (Å²) in [6.45, 7) is 11.3. The Morgan fingerprint density at radius 1 is 0.732 bits per heavy atom. The van der Waals surface area contributed by atoms with E-state index in [9.17, 15) is 0 Å². The van der Waals surface area contributed by atoms with Crippen LogP contribution in [0.1, 0.15) is 59.3 Å². The Labute approximate surface area is 241 Å². The molecule has 16 rings (SSSR count). The van der Waals surface area contributed by atoms with E-state index in [0.717, 1.165) is 50.5 Å². The van der Waals surface area contributed by atoms with E-state index in [4.69, 9.17) is 0 Å². The third kappa shape index (κ3) is 0.663. The monoisotopic (exact) mass is 636 g/mol. The zero-order chi connectivity index (χ0) is 26.9. The van der Waals surface area contributed by atoms with Crippen molar-refractivity contribution in [2.24, 2.45) is 23.2 Å². The van der Waals surface area contributed by atoms with Crippen LogP contribution in [0.4, 0.5) is 0 Å². The van der Waals surface area contributed by atoms with Crippen molar-refractivity contribution >= 4 is 17.8 Å². The molecule has 12 saturated heterocycles. The second kappa shape index (κ2) is 3.65. The van der Waals surface area contributed by atoms with Crippen LogP contribution < -0.4 is 21.3 Å². The molecule has 0 aromatic rings. The molecule has 10 unspecified atom stereocenters. The van der Waals surface area contributed by atoms with E-state index in [-0.39, 0.29) is 0 Å². The molecule has 7 heteroatoms. The zero-order valence-corrected chi connectivity index (χ0v) is 28.8. The third-order valence-corrected chi connectivity index (χ3v) is 71.8. The molecule has 1 spiro atoms. The first-order valence-electron chi connectivity index (χ1n) is 18.1. The molecule has 0 aromatic carbocycles. The summed E-state index contributed by atoms with van der Waals surface area (Å²) in [4.78, 5) is 11.0. The number of nitrogens with one attached hydrogen (secondary N) is 4. The average Bonchev–Trinajstić information content (AvgIpc) is 3.89. The van der Waals surface area contributed by atoms with Crippen LogP contribution in [-0.4, -0.2) is 67.3 Å². The molecule has 4 aliphatic carbocycles. The Morgan fingerprint density at radius 3 is 1.63 bits per heavy atom. The maximum atomic E-state index is 4.30. The van der Waals surface area contributed by atoms with Crippen LogP contribution in [0.5, 0.6) is 0 Å². The number of piperazine rings is 2. The predicted octanol–water partition coefficient (Wildman–Crippen LogP) is 5.91. The van der Waals surface area contributed by atoms with Gasteiger partial charge in [-0.1, -0.05) is 0 Å². The molecule has 12 heterocycles. The SMILES string of the molecule is CC(C)(C)PC(C12CC3CC(CC(C3)C1)C2)[C]12[CH]3[CH]4[CH]5[C]1(C(P)(C1CNCCN1)C1CNCCN1)[Fe]43521678[CH]2[CH]1[CH]6[CH]7[CH]28. The molecule has 12 aliphatic heterocycles. The van der Waals surface area contributed by atoms with E-state index in [2.05, 4.69) is 51.3 Å². The molecule has 0 amide bonds. The summed E-state index contributed by atoms with van der Waals surface area (Å²) >= 11 is 0. The van der Waals surface area contributed by atoms with E-state index < -0.39 is 6.51 Å². The Hall–Kier alpha value is 1.22. The van der Waals surface area contributed by atoms with Gasteiger partial charge in [0.1, 0.15) is 0 Å². The van der Waals surface area contributed by atoms with Gasteiger partial charge in [-0.2, -0.15) is 0 Å². The van der Waals surface area contributed by atoms with Crippen molar-refractivity contribution in [2.75, 3.05) is 39.3 Å². The van der Waals surface area contributed by atoms with E-state index in [0.29, 0.717) is 22.4 Å². The molecule has 10 atom stereocenters. The second-order valence-corrected chi connectivity index (χ2v) is 48.8. The Kier molecular flexibility index (Phi) is 2.02. The number of rotatable bonds is 6. The van der Waals surface area contributed by atoms with E-state index in [1.165, 1.54) is 73.3 Å². The predicted molar refractivity (Wildman–Crippen MR) is 170 cm³/mol. The number of hydrogen-bond acceptors (Lipinski definition) is 4. The minimum absolute atomic E-state index is 0.362. The van der Waals surface area contributed by atoms with Crippen molar-refractivity contribution < 1.29 is 6.51 Å². The first kappa shape index (κ1) is 22.7.